The highest BCUT2D eigenvalue weighted by molar-refractivity contribution is 14.1. The lowest BCUT2D eigenvalue weighted by molar-refractivity contribution is 0.497. The van der Waals surface area contributed by atoms with Gasteiger partial charge in [0.25, 0.3) is 0 Å². The highest BCUT2D eigenvalue weighted by Gasteiger charge is 2.38. The standard InChI is InChI=1S/C6H10I2N2/c7-9-1-5-2-10(8)4-6(5)3-9/h5-6H,1-4H2. The molecule has 0 aromatic rings. The largest absolute Gasteiger partial charge is 0.247 e. The molecule has 0 radical (unpaired) electrons. The highest BCUT2D eigenvalue weighted by atomic mass is 127. The molecule has 2 aliphatic heterocycles. The lowest BCUT2D eigenvalue weighted by Crippen LogP contribution is -2.16. The molecule has 0 spiro atoms. The molecule has 0 aromatic carbocycles. The second-order valence-corrected chi connectivity index (χ2v) is 5.90. The molecule has 4 heteroatoms. The predicted octanol–water partition coefficient (Wildman–Crippen LogP) is 1.55. The maximum absolute atomic E-state index is 2.44. The Balaban J connectivity index is 2.00. The molecule has 0 amide bonds. The fourth-order valence-electron chi connectivity index (χ4n) is 1.88. The lowest BCUT2D eigenvalue weighted by Gasteiger charge is -2.09. The second-order valence-electron chi connectivity index (χ2n) is 3.18. The molecule has 0 N–H and O–H groups in total. The van der Waals surface area contributed by atoms with Crippen LogP contribution >= 0.6 is 45.7 Å². The molecule has 0 aromatic heterocycles. The van der Waals surface area contributed by atoms with E-state index in [1.54, 1.807) is 0 Å². The Morgan fingerprint density at radius 1 is 0.800 bits per heavy atom. The van der Waals surface area contributed by atoms with E-state index < -0.39 is 0 Å². The van der Waals surface area contributed by atoms with Crippen LogP contribution in [0.5, 0.6) is 0 Å². The Kier molecular flexibility index (Phi) is 2.42. The molecular formula is C6H10I2N2. The summed E-state index contributed by atoms with van der Waals surface area (Å²) >= 11 is 4.88. The lowest BCUT2D eigenvalue weighted by atomic mass is 10.0. The molecule has 2 aliphatic rings. The fourth-order valence-corrected chi connectivity index (χ4v) is 3.90. The maximum Gasteiger partial charge on any atom is 0.0201 e. The molecule has 2 rings (SSSR count). The van der Waals surface area contributed by atoms with E-state index in [4.69, 9.17) is 0 Å². The van der Waals surface area contributed by atoms with Crippen molar-refractivity contribution in [1.82, 2.24) is 6.23 Å². The Labute approximate surface area is 89.3 Å². The molecule has 10 heavy (non-hydrogen) atoms. The van der Waals surface area contributed by atoms with Gasteiger partial charge in [0, 0.05) is 71.9 Å². The molecule has 0 bridgehead atoms. The topological polar surface area (TPSA) is 6.48 Å². The Morgan fingerprint density at radius 2 is 1.10 bits per heavy atom. The highest BCUT2D eigenvalue weighted by Crippen LogP contribution is 2.33. The summed E-state index contributed by atoms with van der Waals surface area (Å²) in [7, 11) is 0. The molecule has 2 saturated heterocycles. The zero-order valence-electron chi connectivity index (χ0n) is 5.63. The van der Waals surface area contributed by atoms with Crippen molar-refractivity contribution in [3.05, 3.63) is 0 Å². The molecule has 0 unspecified atom stereocenters. The van der Waals surface area contributed by atoms with Crippen LogP contribution in [-0.4, -0.2) is 32.4 Å². The number of rotatable bonds is 0. The maximum atomic E-state index is 2.44. The molecule has 2 nitrogen and oxygen atoms in total. The molecule has 58 valence electrons. The molecule has 0 aliphatic carbocycles. The summed E-state index contributed by atoms with van der Waals surface area (Å²) in [6.45, 7) is 5.24. The van der Waals surface area contributed by atoms with Gasteiger partial charge in [-0.05, 0) is 11.8 Å². The number of fused-ring (bicyclic) bond motifs is 1. The van der Waals surface area contributed by atoms with Gasteiger partial charge in [-0.2, -0.15) is 0 Å². The van der Waals surface area contributed by atoms with Crippen LogP contribution in [0.25, 0.3) is 0 Å². The average Bonchev–Trinajstić information content (AvgIpc) is 2.21. The SMILES string of the molecule is IN1CC2CN(I)CC2C1. The zero-order valence-corrected chi connectivity index (χ0v) is 9.95. The molecule has 0 saturated carbocycles. The van der Waals surface area contributed by atoms with Gasteiger partial charge in [-0.15, -0.1) is 0 Å². The van der Waals surface area contributed by atoms with E-state index in [2.05, 4.69) is 52.0 Å². The summed E-state index contributed by atoms with van der Waals surface area (Å²) in [6.07, 6.45) is 0. The van der Waals surface area contributed by atoms with E-state index in [-0.39, 0.29) is 0 Å². The van der Waals surface area contributed by atoms with Crippen molar-refractivity contribution in [2.75, 3.05) is 26.2 Å². The van der Waals surface area contributed by atoms with Crippen molar-refractivity contribution >= 4 is 45.7 Å². The first kappa shape index (κ1) is 8.00. The van der Waals surface area contributed by atoms with Gasteiger partial charge in [-0.25, -0.2) is 6.23 Å². The Morgan fingerprint density at radius 3 is 1.40 bits per heavy atom. The predicted molar refractivity (Wildman–Crippen MR) is 58.2 cm³/mol. The Hall–Kier alpha value is 1.38. The third-order valence-corrected chi connectivity index (χ3v) is 3.97. The number of halogens is 2. The molecule has 0 atom stereocenters. The van der Waals surface area contributed by atoms with Crippen LogP contribution in [0.2, 0.25) is 0 Å². The van der Waals surface area contributed by atoms with E-state index in [1.807, 2.05) is 0 Å². The van der Waals surface area contributed by atoms with Crippen LogP contribution in [0.1, 0.15) is 0 Å². The third-order valence-electron chi connectivity index (χ3n) is 2.40. The summed E-state index contributed by atoms with van der Waals surface area (Å²) in [4.78, 5) is 0. The van der Waals surface area contributed by atoms with Crippen LogP contribution in [0.15, 0.2) is 0 Å². The molecule has 2 heterocycles. The van der Waals surface area contributed by atoms with Crippen molar-refractivity contribution in [2.45, 2.75) is 0 Å². The van der Waals surface area contributed by atoms with Gasteiger partial charge in [0.2, 0.25) is 0 Å². The Bertz CT molecular complexity index is 114. The average molecular weight is 364 g/mol. The van der Waals surface area contributed by atoms with Gasteiger partial charge in [-0.3, -0.25) is 0 Å². The minimum Gasteiger partial charge on any atom is -0.247 e. The van der Waals surface area contributed by atoms with E-state index in [1.165, 1.54) is 26.2 Å². The van der Waals surface area contributed by atoms with Crippen molar-refractivity contribution in [3.8, 4) is 0 Å². The van der Waals surface area contributed by atoms with Gasteiger partial charge >= 0.3 is 0 Å². The van der Waals surface area contributed by atoms with Crippen LogP contribution in [-0.2, 0) is 0 Å². The minimum absolute atomic E-state index is 0.966. The summed E-state index contributed by atoms with van der Waals surface area (Å²) in [5, 5.41) is 0. The first-order valence-corrected chi connectivity index (χ1v) is 5.50. The van der Waals surface area contributed by atoms with Gasteiger partial charge in [0.1, 0.15) is 0 Å². The summed E-state index contributed by atoms with van der Waals surface area (Å²) in [5.74, 6) is 1.93. The molecular weight excluding hydrogens is 354 g/mol. The summed E-state index contributed by atoms with van der Waals surface area (Å²) < 4.78 is 4.85. The van der Waals surface area contributed by atoms with E-state index in [9.17, 15) is 0 Å². The zero-order chi connectivity index (χ0) is 7.14. The van der Waals surface area contributed by atoms with Crippen LogP contribution in [0, 0.1) is 11.8 Å². The first-order valence-electron chi connectivity index (χ1n) is 3.57. The van der Waals surface area contributed by atoms with Crippen LogP contribution in [0.3, 0.4) is 0 Å². The summed E-state index contributed by atoms with van der Waals surface area (Å²) in [5.41, 5.74) is 0. The fraction of sp³-hybridized carbons (Fsp3) is 1.00. The second kappa shape index (κ2) is 3.02. The number of hydrogen-bond donors (Lipinski definition) is 0. The van der Waals surface area contributed by atoms with E-state index in [0.717, 1.165) is 11.8 Å². The molecule has 2 fully saturated rings. The summed E-state index contributed by atoms with van der Waals surface area (Å²) in [6, 6.07) is 0. The van der Waals surface area contributed by atoms with Gasteiger partial charge in [0.05, 0.1) is 0 Å². The van der Waals surface area contributed by atoms with E-state index in [0.29, 0.717) is 0 Å². The van der Waals surface area contributed by atoms with Crippen molar-refractivity contribution in [2.24, 2.45) is 11.8 Å². The monoisotopic (exact) mass is 364 g/mol. The first-order chi connectivity index (χ1) is 4.75. The van der Waals surface area contributed by atoms with Crippen LogP contribution in [0.4, 0.5) is 0 Å². The smallest absolute Gasteiger partial charge is 0.0201 e. The third kappa shape index (κ3) is 1.44. The van der Waals surface area contributed by atoms with Crippen molar-refractivity contribution < 1.29 is 0 Å². The van der Waals surface area contributed by atoms with Crippen LogP contribution < -0.4 is 0 Å². The van der Waals surface area contributed by atoms with E-state index >= 15 is 0 Å². The van der Waals surface area contributed by atoms with Gasteiger partial charge in [-0.1, -0.05) is 0 Å². The van der Waals surface area contributed by atoms with Gasteiger partial charge < -0.3 is 0 Å². The minimum atomic E-state index is 0.966. The normalized spacial score (nSPS) is 42.6. The quantitative estimate of drug-likeness (QED) is 0.476. The van der Waals surface area contributed by atoms with Crippen molar-refractivity contribution in [1.29, 1.82) is 0 Å². The van der Waals surface area contributed by atoms with Gasteiger partial charge in [0.15, 0.2) is 0 Å². The van der Waals surface area contributed by atoms with Crippen molar-refractivity contribution in [3.63, 3.8) is 0 Å². The number of nitrogens with zero attached hydrogens (tertiary/aromatic N) is 2. The number of hydrogen-bond acceptors (Lipinski definition) is 2.